The van der Waals surface area contributed by atoms with E-state index in [0.29, 0.717) is 28.7 Å². The highest BCUT2D eigenvalue weighted by molar-refractivity contribution is 6.33. The van der Waals surface area contributed by atoms with Crippen molar-refractivity contribution in [2.45, 2.75) is 13.8 Å². The van der Waals surface area contributed by atoms with Gasteiger partial charge in [-0.2, -0.15) is 0 Å². The number of halogens is 1. The van der Waals surface area contributed by atoms with Crippen molar-refractivity contribution in [2.75, 3.05) is 39.5 Å². The number of hydrogen-bond acceptors (Lipinski definition) is 3. The summed E-state index contributed by atoms with van der Waals surface area (Å²) in [5, 5.41) is 0.477. The number of carbonyl (C=O) groups excluding carboxylic acids is 1. The highest BCUT2D eigenvalue weighted by atomic mass is 35.5. The van der Waals surface area contributed by atoms with E-state index in [2.05, 4.69) is 18.7 Å². The van der Waals surface area contributed by atoms with Crippen molar-refractivity contribution in [3.05, 3.63) is 28.8 Å². The molecule has 1 rings (SSSR count). The minimum absolute atomic E-state index is 0.00363. The average molecular weight is 298 g/mol. The average Bonchev–Trinajstić information content (AvgIpc) is 2.36. The molecule has 0 saturated heterocycles. The van der Waals surface area contributed by atoms with Gasteiger partial charge in [0, 0.05) is 25.2 Å². The van der Waals surface area contributed by atoms with Crippen LogP contribution in [0.5, 0.6) is 0 Å². The van der Waals surface area contributed by atoms with E-state index in [1.807, 2.05) is 19.0 Å². The molecule has 0 atom stereocenters. The monoisotopic (exact) mass is 297 g/mol. The molecule has 0 aliphatic carbocycles. The number of nitrogen functional groups attached to an aromatic ring is 1. The van der Waals surface area contributed by atoms with Gasteiger partial charge in [0.25, 0.3) is 5.91 Å². The van der Waals surface area contributed by atoms with Gasteiger partial charge in [-0.25, -0.2) is 0 Å². The van der Waals surface area contributed by atoms with Crippen LogP contribution in [-0.2, 0) is 0 Å². The Hall–Kier alpha value is -1.26. The zero-order valence-corrected chi connectivity index (χ0v) is 13.4. The number of nitrogens with zero attached hydrogens (tertiary/aromatic N) is 2. The first-order chi connectivity index (χ1) is 9.31. The second-order valence-corrected chi connectivity index (χ2v) is 6.09. The van der Waals surface area contributed by atoms with Crippen LogP contribution in [-0.4, -0.2) is 49.4 Å². The van der Waals surface area contributed by atoms with E-state index >= 15 is 0 Å². The molecule has 1 amide bonds. The molecule has 1 aromatic carbocycles. The van der Waals surface area contributed by atoms with Crippen molar-refractivity contribution in [1.82, 2.24) is 9.80 Å². The smallest absolute Gasteiger partial charge is 0.253 e. The minimum atomic E-state index is 0.00363. The van der Waals surface area contributed by atoms with E-state index in [1.165, 1.54) is 0 Å². The lowest BCUT2D eigenvalue weighted by Gasteiger charge is -2.26. The first kappa shape index (κ1) is 16.8. The van der Waals surface area contributed by atoms with Crippen LogP contribution in [0.4, 0.5) is 5.69 Å². The first-order valence-corrected chi connectivity index (χ1v) is 7.18. The third kappa shape index (κ3) is 5.02. The van der Waals surface area contributed by atoms with Crippen LogP contribution in [0.2, 0.25) is 5.02 Å². The lowest BCUT2D eigenvalue weighted by molar-refractivity contribution is 0.0725. The van der Waals surface area contributed by atoms with E-state index in [-0.39, 0.29) is 5.91 Å². The Kier molecular flexibility index (Phi) is 6.30. The molecule has 0 bridgehead atoms. The van der Waals surface area contributed by atoms with Crippen LogP contribution in [0.25, 0.3) is 0 Å². The van der Waals surface area contributed by atoms with Crippen LogP contribution in [0.3, 0.4) is 0 Å². The van der Waals surface area contributed by atoms with E-state index in [0.717, 1.165) is 13.1 Å². The summed E-state index contributed by atoms with van der Waals surface area (Å²) in [5.74, 6) is 0.426. The molecule has 5 heteroatoms. The normalized spacial score (nSPS) is 11.2. The minimum Gasteiger partial charge on any atom is -0.398 e. The topological polar surface area (TPSA) is 49.6 Å². The van der Waals surface area contributed by atoms with Gasteiger partial charge in [0.15, 0.2) is 0 Å². The fourth-order valence-corrected chi connectivity index (χ4v) is 2.01. The molecule has 4 nitrogen and oxygen atoms in total. The lowest BCUT2D eigenvalue weighted by Crippen LogP contribution is -2.39. The van der Waals surface area contributed by atoms with Gasteiger partial charge in [0.1, 0.15) is 0 Å². The summed E-state index contributed by atoms with van der Waals surface area (Å²) >= 11 is 5.90. The summed E-state index contributed by atoms with van der Waals surface area (Å²) in [5.41, 5.74) is 6.80. The molecule has 0 fully saturated rings. The number of benzene rings is 1. The maximum absolute atomic E-state index is 12.6. The molecular weight excluding hydrogens is 274 g/mol. The van der Waals surface area contributed by atoms with Gasteiger partial charge in [-0.1, -0.05) is 25.4 Å². The Balaban J connectivity index is 2.87. The van der Waals surface area contributed by atoms with Crippen LogP contribution in [0, 0.1) is 5.92 Å². The highest BCUT2D eigenvalue weighted by Gasteiger charge is 2.17. The molecule has 1 aromatic rings. The fourth-order valence-electron chi connectivity index (χ4n) is 1.90. The van der Waals surface area contributed by atoms with Crippen LogP contribution < -0.4 is 5.73 Å². The molecule has 112 valence electrons. The Morgan fingerprint density at radius 1 is 1.30 bits per heavy atom. The number of likely N-dealkylation sites (N-methyl/N-ethyl adjacent to an activating group) is 1. The van der Waals surface area contributed by atoms with Crippen molar-refractivity contribution in [3.8, 4) is 0 Å². The highest BCUT2D eigenvalue weighted by Crippen LogP contribution is 2.20. The quantitative estimate of drug-likeness (QED) is 0.821. The summed E-state index contributed by atoms with van der Waals surface area (Å²) < 4.78 is 0. The molecule has 0 aromatic heterocycles. The largest absolute Gasteiger partial charge is 0.398 e. The Morgan fingerprint density at radius 2 is 1.95 bits per heavy atom. The maximum atomic E-state index is 12.6. The Bertz CT molecular complexity index is 460. The van der Waals surface area contributed by atoms with E-state index in [4.69, 9.17) is 17.3 Å². The standard InChI is InChI=1S/C15H24ClN3O/c1-11(2)10-19(8-7-18(3)4)15(20)12-5-6-13(16)14(17)9-12/h5-6,9,11H,7-8,10,17H2,1-4H3. The van der Waals surface area contributed by atoms with Crippen molar-refractivity contribution < 1.29 is 4.79 Å². The molecule has 0 radical (unpaired) electrons. The number of rotatable bonds is 6. The summed E-state index contributed by atoms with van der Waals surface area (Å²) in [6, 6.07) is 5.04. The first-order valence-electron chi connectivity index (χ1n) is 6.80. The van der Waals surface area contributed by atoms with Crippen molar-refractivity contribution >= 4 is 23.2 Å². The van der Waals surface area contributed by atoms with E-state index in [1.54, 1.807) is 18.2 Å². The number of carbonyl (C=O) groups is 1. The number of hydrogen-bond donors (Lipinski definition) is 1. The summed E-state index contributed by atoms with van der Waals surface area (Å²) in [6.45, 7) is 6.47. The zero-order valence-electron chi connectivity index (χ0n) is 12.7. The Labute approximate surface area is 126 Å². The van der Waals surface area contributed by atoms with Gasteiger partial charge in [0.2, 0.25) is 0 Å². The fraction of sp³-hybridized carbons (Fsp3) is 0.533. The van der Waals surface area contributed by atoms with Crippen LogP contribution >= 0.6 is 11.6 Å². The third-order valence-corrected chi connectivity index (χ3v) is 3.28. The SMILES string of the molecule is CC(C)CN(CCN(C)C)C(=O)c1ccc(Cl)c(N)c1. The van der Waals surface area contributed by atoms with Gasteiger partial charge in [0.05, 0.1) is 10.7 Å². The van der Waals surface area contributed by atoms with E-state index < -0.39 is 0 Å². The molecule has 20 heavy (non-hydrogen) atoms. The number of amides is 1. The molecule has 2 N–H and O–H groups in total. The van der Waals surface area contributed by atoms with Gasteiger partial charge in [-0.15, -0.1) is 0 Å². The van der Waals surface area contributed by atoms with Crippen molar-refractivity contribution in [2.24, 2.45) is 5.92 Å². The van der Waals surface area contributed by atoms with E-state index in [9.17, 15) is 4.79 Å². The zero-order chi connectivity index (χ0) is 15.3. The summed E-state index contributed by atoms with van der Waals surface area (Å²) in [4.78, 5) is 16.5. The predicted octanol–water partition coefficient (Wildman–Crippen LogP) is 2.58. The summed E-state index contributed by atoms with van der Waals surface area (Å²) in [6.07, 6.45) is 0. The molecule has 0 aliphatic rings. The van der Waals surface area contributed by atoms with Gasteiger partial charge < -0.3 is 15.5 Å². The van der Waals surface area contributed by atoms with Crippen molar-refractivity contribution in [1.29, 1.82) is 0 Å². The number of nitrogens with two attached hydrogens (primary N) is 1. The van der Waals surface area contributed by atoms with Crippen LogP contribution in [0.1, 0.15) is 24.2 Å². The van der Waals surface area contributed by atoms with Gasteiger partial charge in [-0.3, -0.25) is 4.79 Å². The summed E-state index contributed by atoms with van der Waals surface area (Å²) in [7, 11) is 4.00. The molecule has 0 aliphatic heterocycles. The second kappa shape index (κ2) is 7.50. The third-order valence-electron chi connectivity index (χ3n) is 2.93. The van der Waals surface area contributed by atoms with Crippen molar-refractivity contribution in [3.63, 3.8) is 0 Å². The van der Waals surface area contributed by atoms with Gasteiger partial charge in [-0.05, 0) is 38.2 Å². The lowest BCUT2D eigenvalue weighted by atomic mass is 10.1. The Morgan fingerprint density at radius 3 is 2.45 bits per heavy atom. The van der Waals surface area contributed by atoms with Gasteiger partial charge >= 0.3 is 0 Å². The predicted molar refractivity (Wildman–Crippen MR) is 85.2 cm³/mol. The molecule has 0 unspecified atom stereocenters. The molecule has 0 heterocycles. The molecule has 0 spiro atoms. The maximum Gasteiger partial charge on any atom is 0.253 e. The molecule has 0 saturated carbocycles. The van der Waals surface area contributed by atoms with Crippen LogP contribution in [0.15, 0.2) is 18.2 Å². The number of anilines is 1. The molecular formula is C15H24ClN3O. The second-order valence-electron chi connectivity index (χ2n) is 5.68.